The zero-order valence-electron chi connectivity index (χ0n) is 78.6. The highest BCUT2D eigenvalue weighted by Gasteiger charge is 2.26. The molecule has 0 aliphatic heterocycles. The third-order valence-corrected chi connectivity index (χ3v) is 27.1. The monoisotopic (exact) mass is 1770 g/mol. The average molecular weight is 1770 g/mol. The summed E-state index contributed by atoms with van der Waals surface area (Å²) in [4.78, 5) is 10.8. The van der Waals surface area contributed by atoms with Crippen LogP contribution in [-0.4, -0.2) is 12.4 Å². The van der Waals surface area contributed by atoms with Gasteiger partial charge in [0.05, 0.1) is 11.4 Å². The van der Waals surface area contributed by atoms with Crippen molar-refractivity contribution >= 4 is 66.9 Å². The molecular weight excluding hydrogens is 1670 g/mol. The van der Waals surface area contributed by atoms with E-state index in [0.717, 1.165) is 182 Å². The van der Waals surface area contributed by atoms with Gasteiger partial charge in [-0.2, -0.15) is 0 Å². The zero-order valence-corrected chi connectivity index (χ0v) is 78.6. The maximum Gasteiger partial charge on any atom is 0.0786 e. The quantitative estimate of drug-likeness (QED) is 0.0634. The maximum absolute atomic E-state index is 15.1. The molecule has 0 aromatic heterocycles. The number of nitrogens with zero attached hydrogens (tertiary/aromatic N) is 2. The van der Waals surface area contributed by atoms with Gasteiger partial charge in [0.25, 0.3) is 0 Å². The van der Waals surface area contributed by atoms with E-state index in [1.54, 1.807) is 12.4 Å². The minimum atomic E-state index is -0.0669. The van der Waals surface area contributed by atoms with E-state index in [1.807, 2.05) is 72.8 Å². The van der Waals surface area contributed by atoms with Gasteiger partial charge >= 0.3 is 0 Å². The van der Waals surface area contributed by atoms with Gasteiger partial charge in [-0.25, -0.2) is 0 Å². The Kier molecular flexibility index (Phi) is 24.1. The van der Waals surface area contributed by atoms with Gasteiger partial charge in [-0.05, 0) is 303 Å². The number of para-hydroxylation sites is 2. The van der Waals surface area contributed by atoms with E-state index in [0.29, 0.717) is 22.3 Å². The van der Waals surface area contributed by atoms with Crippen molar-refractivity contribution in [2.45, 2.75) is 55.4 Å². The van der Waals surface area contributed by atoms with Gasteiger partial charge in [-0.15, -0.1) is 0 Å². The standard InChI is InChI=1S/C79H59NO.C55H43NO/c1-51-21-29-56(30-22-51)58-37-41-60(42-38-58)72-46-67(55-13-6-5-7-14-55)47-73(61-43-39-59(40-44-61)57-31-23-52(2)24-32-57)76(72)68-48-74(62-33-25-53(3)26-34-62)78(75(49-68)63-35-27-54(4)28-36-63)80-50-66-17-12-20-71(79(66)81)77-69-18-10-8-15-64(69)45-65-16-9-11-19-70(65)77;1-35-21-25-40(26-22-35)50-32-46(52-37(3)29-45(30-38(52)4)39-13-6-5-7-14-39)33-51(41-27-23-36(2)24-28-41)54(50)56-34-44-17-12-20-49(55(44)57)53-47-18-10-8-15-42(47)31-43-16-9-11-19-48(43)53/h5-50,81H,1-4H3;5-34,57H,1-4H3/p-2. The molecule has 0 atom stereocenters. The molecule has 4 heteroatoms. The maximum atomic E-state index is 15.1. The molecule has 0 amide bonds. The first-order valence-corrected chi connectivity index (χ1v) is 47.4. The number of hydrogen-bond acceptors (Lipinski definition) is 4. The number of aliphatic imine (C=N–C) groups is 2. The molecule has 22 aromatic carbocycles. The summed E-state index contributed by atoms with van der Waals surface area (Å²) in [6.07, 6.45) is 3.56. The van der Waals surface area contributed by atoms with Crippen molar-refractivity contribution in [2.75, 3.05) is 0 Å². The summed E-state index contributed by atoms with van der Waals surface area (Å²) in [6, 6.07) is 160. The smallest absolute Gasteiger partial charge is 0.0786 e. The van der Waals surface area contributed by atoms with Crippen LogP contribution in [0.4, 0.5) is 11.4 Å². The Morgan fingerprint density at radius 1 is 0.167 bits per heavy atom. The van der Waals surface area contributed by atoms with Crippen LogP contribution >= 0.6 is 0 Å². The Balaban J connectivity index is 0.000000175. The van der Waals surface area contributed by atoms with E-state index in [-0.39, 0.29) is 11.5 Å². The lowest BCUT2D eigenvalue weighted by molar-refractivity contribution is -0.268. The normalized spacial score (nSPS) is 11.5. The molecule has 22 aromatic rings. The molecule has 138 heavy (non-hydrogen) atoms. The highest BCUT2D eigenvalue weighted by Crippen LogP contribution is 2.52. The van der Waals surface area contributed by atoms with Crippen LogP contribution in [0.3, 0.4) is 0 Å². The van der Waals surface area contributed by atoms with Crippen LogP contribution in [0, 0.1) is 55.4 Å². The molecule has 0 spiro atoms. The van der Waals surface area contributed by atoms with E-state index in [2.05, 4.69) is 432 Å². The highest BCUT2D eigenvalue weighted by atomic mass is 16.3. The Morgan fingerprint density at radius 2 is 0.399 bits per heavy atom. The van der Waals surface area contributed by atoms with Gasteiger partial charge in [0.1, 0.15) is 0 Å². The van der Waals surface area contributed by atoms with Gasteiger partial charge in [0, 0.05) is 34.7 Å². The lowest BCUT2D eigenvalue weighted by Gasteiger charge is -2.22. The minimum absolute atomic E-state index is 0.0436. The van der Waals surface area contributed by atoms with Gasteiger partial charge in [-0.1, -0.05) is 445 Å². The largest absolute Gasteiger partial charge is 0.872 e. The second-order valence-electron chi connectivity index (χ2n) is 36.7. The molecule has 4 nitrogen and oxygen atoms in total. The second-order valence-corrected chi connectivity index (χ2v) is 36.7. The average Bonchev–Trinajstić information content (AvgIpc) is 0.733. The van der Waals surface area contributed by atoms with E-state index >= 15 is 5.11 Å². The molecule has 0 aliphatic rings. The highest BCUT2D eigenvalue weighted by molar-refractivity contribution is 6.16. The topological polar surface area (TPSA) is 70.8 Å². The van der Waals surface area contributed by atoms with Crippen molar-refractivity contribution in [2.24, 2.45) is 9.98 Å². The molecule has 0 saturated heterocycles. The summed E-state index contributed by atoms with van der Waals surface area (Å²) < 4.78 is 0. The van der Waals surface area contributed by atoms with Gasteiger partial charge < -0.3 is 10.2 Å². The molecule has 0 saturated carbocycles. The molecule has 0 N–H and O–H groups in total. The first kappa shape index (κ1) is 87.5. The number of aryl methyl sites for hydroxylation is 8. The first-order valence-electron chi connectivity index (χ1n) is 47.4. The fraction of sp³-hybridized carbons (Fsp3) is 0.0597. The zero-order chi connectivity index (χ0) is 94.0. The first-order chi connectivity index (χ1) is 67.5. The molecule has 0 unspecified atom stereocenters. The number of rotatable bonds is 18. The van der Waals surface area contributed by atoms with Gasteiger partial charge in [-0.3, -0.25) is 9.98 Å². The van der Waals surface area contributed by atoms with E-state index in [4.69, 9.17) is 9.98 Å². The molecular formula is C134H100N2O2-2. The predicted molar refractivity (Wildman–Crippen MR) is 583 cm³/mol. The van der Waals surface area contributed by atoms with Crippen LogP contribution in [0.1, 0.15) is 55.6 Å². The molecule has 0 radical (unpaired) electrons. The summed E-state index contributed by atoms with van der Waals surface area (Å²) in [5.74, 6) is -0.111. The Hall–Kier alpha value is -17.2. The molecule has 660 valence electrons. The minimum Gasteiger partial charge on any atom is -0.872 e. The van der Waals surface area contributed by atoms with E-state index < -0.39 is 0 Å². The van der Waals surface area contributed by atoms with E-state index in [9.17, 15) is 5.11 Å². The lowest BCUT2D eigenvalue weighted by atomic mass is 9.82. The molecule has 0 heterocycles. The number of fused-ring (bicyclic) bond motifs is 4. The summed E-state index contributed by atoms with van der Waals surface area (Å²) >= 11 is 0. The summed E-state index contributed by atoms with van der Waals surface area (Å²) in [7, 11) is 0. The van der Waals surface area contributed by atoms with E-state index in [1.165, 1.54) is 61.2 Å². The summed E-state index contributed by atoms with van der Waals surface area (Å²) in [5.41, 5.74) is 41.9. The molecule has 0 fully saturated rings. The van der Waals surface area contributed by atoms with Gasteiger partial charge in [0.2, 0.25) is 0 Å². The summed E-state index contributed by atoms with van der Waals surface area (Å²) in [5, 5.41) is 38.3. The number of hydrogen-bond donors (Lipinski definition) is 0. The second kappa shape index (κ2) is 38.1. The fourth-order valence-electron chi connectivity index (χ4n) is 19.8. The summed E-state index contributed by atoms with van der Waals surface area (Å²) in [6.45, 7) is 17.1. The van der Waals surface area contributed by atoms with Crippen LogP contribution in [-0.2, 0) is 0 Å². The Labute approximate surface area is 808 Å². The predicted octanol–water partition coefficient (Wildman–Crippen LogP) is 35.4. The van der Waals surface area contributed by atoms with Crippen LogP contribution in [0.2, 0.25) is 0 Å². The van der Waals surface area contributed by atoms with Crippen LogP contribution < -0.4 is 10.2 Å². The van der Waals surface area contributed by atoms with Crippen molar-refractivity contribution in [3.8, 4) is 167 Å². The third-order valence-electron chi connectivity index (χ3n) is 27.1. The Morgan fingerprint density at radius 3 is 0.703 bits per heavy atom. The van der Waals surface area contributed by atoms with Crippen LogP contribution in [0.15, 0.2) is 459 Å². The van der Waals surface area contributed by atoms with Crippen molar-refractivity contribution in [1.82, 2.24) is 0 Å². The fourth-order valence-corrected chi connectivity index (χ4v) is 19.8. The van der Waals surface area contributed by atoms with Crippen molar-refractivity contribution in [3.05, 3.63) is 505 Å². The molecule has 0 aliphatic carbocycles. The molecule has 22 rings (SSSR count). The van der Waals surface area contributed by atoms with Gasteiger partial charge in [0.15, 0.2) is 0 Å². The van der Waals surface area contributed by atoms with Crippen molar-refractivity contribution < 1.29 is 10.2 Å². The van der Waals surface area contributed by atoms with Crippen molar-refractivity contribution in [1.29, 1.82) is 0 Å². The molecule has 0 bridgehead atoms. The number of benzene rings is 22. The van der Waals surface area contributed by atoms with Crippen molar-refractivity contribution in [3.63, 3.8) is 0 Å². The Bertz CT molecular complexity index is 8050. The SMILES string of the molecule is Cc1ccc(-c2cc(-c3c(C)cc(-c4ccccc4)cc3C)cc(-c3ccc(C)cc3)c2N=Cc2cccc(-c3c4ccccc4cc4ccccc34)c2[O-])cc1.Cc1ccc(-c2ccc(-c3cc(-c4ccccc4)cc(-c4ccc(-c5ccc(C)cc5)cc4)c3-c3cc(-c4ccc(C)cc4)c(N=Cc4cccc(-c5c6ccccc6cc6ccccc56)c4[O-])c(-c4ccc(C)cc4)c3)cc2)cc1. The van der Waals surface area contributed by atoms with Crippen LogP contribution in [0.5, 0.6) is 11.5 Å². The lowest BCUT2D eigenvalue weighted by Crippen LogP contribution is -2.00. The third kappa shape index (κ3) is 17.8. The van der Waals surface area contributed by atoms with Crippen LogP contribution in [0.25, 0.3) is 199 Å².